The van der Waals surface area contributed by atoms with Crippen molar-refractivity contribution in [3.63, 3.8) is 0 Å². The monoisotopic (exact) mass is 345 g/mol. The van der Waals surface area contributed by atoms with Gasteiger partial charge in [0.2, 0.25) is 0 Å². The Morgan fingerprint density at radius 3 is 2.52 bits per heavy atom. The Hall–Kier alpha value is -2.23. The molecular formula is C18H13Cl2NO2. The van der Waals surface area contributed by atoms with Crippen LogP contribution in [0.15, 0.2) is 60.7 Å². The highest BCUT2D eigenvalue weighted by Gasteiger charge is 2.07. The fourth-order valence-corrected chi connectivity index (χ4v) is 2.67. The third-order valence-corrected chi connectivity index (χ3v) is 3.96. The standard InChI is InChI=1S/C18H13Cl2NO2/c19-15-7-5-14(17(20)10-15)11-23-18(22)21-16-8-6-12-3-1-2-4-13(12)9-16/h1-10H,11H2,(H,21,22). The van der Waals surface area contributed by atoms with Crippen molar-refractivity contribution in [1.29, 1.82) is 0 Å². The molecule has 0 saturated heterocycles. The van der Waals surface area contributed by atoms with Gasteiger partial charge in [0.15, 0.2) is 0 Å². The SMILES string of the molecule is O=C(Nc1ccc2ccccc2c1)OCc1ccc(Cl)cc1Cl. The van der Waals surface area contributed by atoms with Crippen molar-refractivity contribution in [3.8, 4) is 0 Å². The summed E-state index contributed by atoms with van der Waals surface area (Å²) in [6, 6.07) is 18.6. The zero-order valence-electron chi connectivity index (χ0n) is 12.1. The summed E-state index contributed by atoms with van der Waals surface area (Å²) in [4.78, 5) is 11.9. The predicted octanol–water partition coefficient (Wildman–Crippen LogP) is 5.90. The van der Waals surface area contributed by atoms with Crippen LogP contribution in [0.1, 0.15) is 5.56 Å². The number of nitrogens with one attached hydrogen (secondary N) is 1. The molecule has 0 spiro atoms. The molecule has 0 aliphatic rings. The van der Waals surface area contributed by atoms with Crippen LogP contribution in [0.25, 0.3) is 10.8 Å². The second-order valence-electron chi connectivity index (χ2n) is 5.00. The zero-order valence-corrected chi connectivity index (χ0v) is 13.6. The minimum atomic E-state index is -0.536. The summed E-state index contributed by atoms with van der Waals surface area (Å²) in [5.41, 5.74) is 1.38. The fourth-order valence-electron chi connectivity index (χ4n) is 2.20. The highest BCUT2D eigenvalue weighted by molar-refractivity contribution is 6.35. The number of amides is 1. The lowest BCUT2D eigenvalue weighted by molar-refractivity contribution is 0.155. The second-order valence-corrected chi connectivity index (χ2v) is 5.84. The Bertz CT molecular complexity index is 865. The van der Waals surface area contributed by atoms with Crippen molar-refractivity contribution in [2.45, 2.75) is 6.61 Å². The Balaban J connectivity index is 1.64. The number of carbonyl (C=O) groups excluding carboxylic acids is 1. The van der Waals surface area contributed by atoms with Gasteiger partial charge >= 0.3 is 6.09 Å². The molecule has 0 saturated carbocycles. The second kappa shape index (κ2) is 6.90. The molecule has 1 N–H and O–H groups in total. The van der Waals surface area contributed by atoms with Gasteiger partial charge in [0, 0.05) is 21.3 Å². The molecule has 0 unspecified atom stereocenters. The van der Waals surface area contributed by atoms with Crippen LogP contribution in [-0.4, -0.2) is 6.09 Å². The van der Waals surface area contributed by atoms with Gasteiger partial charge in [0.1, 0.15) is 6.61 Å². The molecule has 0 aromatic heterocycles. The summed E-state index contributed by atoms with van der Waals surface area (Å²) >= 11 is 11.9. The molecule has 3 aromatic rings. The lowest BCUT2D eigenvalue weighted by Crippen LogP contribution is -2.13. The summed E-state index contributed by atoms with van der Waals surface area (Å²) in [6.07, 6.45) is -0.536. The minimum absolute atomic E-state index is 0.0788. The first kappa shape index (κ1) is 15.7. The van der Waals surface area contributed by atoms with Crippen LogP contribution >= 0.6 is 23.2 Å². The summed E-state index contributed by atoms with van der Waals surface area (Å²) in [6.45, 7) is 0.0788. The summed E-state index contributed by atoms with van der Waals surface area (Å²) < 4.78 is 5.19. The molecule has 23 heavy (non-hydrogen) atoms. The number of rotatable bonds is 3. The van der Waals surface area contributed by atoms with Gasteiger partial charge in [-0.2, -0.15) is 0 Å². The number of fused-ring (bicyclic) bond motifs is 1. The first-order valence-corrected chi connectivity index (χ1v) is 7.74. The van der Waals surface area contributed by atoms with Gasteiger partial charge in [-0.05, 0) is 35.0 Å². The average Bonchev–Trinajstić information content (AvgIpc) is 2.54. The van der Waals surface area contributed by atoms with Gasteiger partial charge in [-0.15, -0.1) is 0 Å². The van der Waals surface area contributed by atoms with Crippen molar-refractivity contribution in [1.82, 2.24) is 0 Å². The number of hydrogen-bond donors (Lipinski definition) is 1. The molecular weight excluding hydrogens is 333 g/mol. The molecule has 0 atom stereocenters. The Kier molecular flexibility index (Phi) is 4.70. The molecule has 0 bridgehead atoms. The highest BCUT2D eigenvalue weighted by atomic mass is 35.5. The largest absolute Gasteiger partial charge is 0.444 e. The Morgan fingerprint density at radius 2 is 1.74 bits per heavy atom. The van der Waals surface area contributed by atoms with Crippen LogP contribution in [0.5, 0.6) is 0 Å². The van der Waals surface area contributed by atoms with Gasteiger partial charge in [0.25, 0.3) is 0 Å². The zero-order chi connectivity index (χ0) is 16.2. The van der Waals surface area contributed by atoms with Crippen molar-refractivity contribution in [3.05, 3.63) is 76.3 Å². The molecule has 0 fully saturated rings. The first-order chi connectivity index (χ1) is 11.1. The van der Waals surface area contributed by atoms with E-state index in [1.165, 1.54) is 0 Å². The number of halogens is 2. The first-order valence-electron chi connectivity index (χ1n) is 6.98. The van der Waals surface area contributed by atoms with Crippen molar-refractivity contribution in [2.24, 2.45) is 0 Å². The molecule has 0 radical (unpaired) electrons. The summed E-state index contributed by atoms with van der Waals surface area (Å²) in [5.74, 6) is 0. The maximum absolute atomic E-state index is 11.9. The van der Waals surface area contributed by atoms with Gasteiger partial charge in [-0.3, -0.25) is 5.32 Å². The van der Waals surface area contributed by atoms with E-state index in [1.807, 2.05) is 42.5 Å². The van der Waals surface area contributed by atoms with Gasteiger partial charge in [0.05, 0.1) is 0 Å². The number of anilines is 1. The quantitative estimate of drug-likeness (QED) is 0.642. The Morgan fingerprint density at radius 1 is 0.957 bits per heavy atom. The third-order valence-electron chi connectivity index (χ3n) is 3.37. The maximum atomic E-state index is 11.9. The fraction of sp³-hybridized carbons (Fsp3) is 0.0556. The maximum Gasteiger partial charge on any atom is 0.411 e. The van der Waals surface area contributed by atoms with E-state index < -0.39 is 6.09 Å². The van der Waals surface area contributed by atoms with Crippen LogP contribution in [0.4, 0.5) is 10.5 Å². The van der Waals surface area contributed by atoms with E-state index in [0.29, 0.717) is 21.3 Å². The van der Waals surface area contributed by atoms with E-state index in [-0.39, 0.29) is 6.61 Å². The number of ether oxygens (including phenoxy) is 1. The van der Waals surface area contributed by atoms with E-state index in [0.717, 1.165) is 10.8 Å². The summed E-state index contributed by atoms with van der Waals surface area (Å²) in [5, 5.41) is 5.87. The average molecular weight is 346 g/mol. The van der Waals surface area contributed by atoms with Gasteiger partial charge < -0.3 is 4.74 Å². The van der Waals surface area contributed by atoms with Crippen molar-refractivity contribution >= 4 is 45.8 Å². The van der Waals surface area contributed by atoms with Gasteiger partial charge in [-0.1, -0.05) is 59.6 Å². The molecule has 0 aliphatic heterocycles. The van der Waals surface area contributed by atoms with Crippen LogP contribution in [0, 0.1) is 0 Å². The molecule has 1 amide bonds. The van der Waals surface area contributed by atoms with Crippen molar-refractivity contribution in [2.75, 3.05) is 5.32 Å². The van der Waals surface area contributed by atoms with E-state index in [2.05, 4.69) is 5.32 Å². The van der Waals surface area contributed by atoms with Crippen LogP contribution in [0.3, 0.4) is 0 Å². The number of benzene rings is 3. The van der Waals surface area contributed by atoms with Gasteiger partial charge in [-0.25, -0.2) is 4.79 Å². The smallest absolute Gasteiger partial charge is 0.411 e. The molecule has 3 rings (SSSR count). The van der Waals surface area contributed by atoms with Crippen LogP contribution in [-0.2, 0) is 11.3 Å². The lowest BCUT2D eigenvalue weighted by atomic mass is 10.1. The molecule has 3 aromatic carbocycles. The van der Waals surface area contributed by atoms with E-state index in [9.17, 15) is 4.79 Å². The lowest BCUT2D eigenvalue weighted by Gasteiger charge is -2.09. The van der Waals surface area contributed by atoms with Crippen molar-refractivity contribution < 1.29 is 9.53 Å². The molecule has 116 valence electrons. The Labute approximate surface area is 143 Å². The van der Waals surface area contributed by atoms with E-state index in [4.69, 9.17) is 27.9 Å². The van der Waals surface area contributed by atoms with E-state index in [1.54, 1.807) is 18.2 Å². The number of hydrogen-bond acceptors (Lipinski definition) is 2. The predicted molar refractivity (Wildman–Crippen MR) is 94.2 cm³/mol. The topological polar surface area (TPSA) is 38.3 Å². The minimum Gasteiger partial charge on any atom is -0.444 e. The normalized spacial score (nSPS) is 10.5. The summed E-state index contributed by atoms with van der Waals surface area (Å²) in [7, 11) is 0. The van der Waals surface area contributed by atoms with E-state index >= 15 is 0 Å². The number of carbonyl (C=O) groups is 1. The van der Waals surface area contributed by atoms with Crippen LogP contribution < -0.4 is 5.32 Å². The molecule has 0 aliphatic carbocycles. The molecule has 5 heteroatoms. The molecule has 0 heterocycles. The molecule has 3 nitrogen and oxygen atoms in total. The third kappa shape index (κ3) is 3.95. The van der Waals surface area contributed by atoms with Crippen LogP contribution in [0.2, 0.25) is 10.0 Å². The highest BCUT2D eigenvalue weighted by Crippen LogP contribution is 2.22.